The van der Waals surface area contributed by atoms with E-state index in [9.17, 15) is 8.42 Å². The molecule has 0 atom stereocenters. The normalized spacial score (nSPS) is 18.0. The van der Waals surface area contributed by atoms with Crippen molar-refractivity contribution in [2.75, 3.05) is 31.1 Å². The molecule has 2 aliphatic rings. The molecule has 1 saturated heterocycles. The van der Waals surface area contributed by atoms with Crippen molar-refractivity contribution in [1.29, 1.82) is 5.26 Å². The van der Waals surface area contributed by atoms with Crippen LogP contribution in [0.25, 0.3) is 0 Å². The maximum Gasteiger partial charge on any atom is 0.243 e. The van der Waals surface area contributed by atoms with Crippen LogP contribution in [0.3, 0.4) is 0 Å². The Morgan fingerprint density at radius 2 is 1.63 bits per heavy atom. The van der Waals surface area contributed by atoms with Gasteiger partial charge in [0.2, 0.25) is 10.0 Å². The number of rotatable bonds is 3. The molecule has 0 aromatic heterocycles. The Morgan fingerprint density at radius 3 is 2.37 bits per heavy atom. The van der Waals surface area contributed by atoms with Crippen molar-refractivity contribution in [1.82, 2.24) is 4.31 Å². The molecule has 2 aromatic rings. The molecule has 2 aromatic carbocycles. The number of hydrogen-bond donors (Lipinski definition) is 0. The van der Waals surface area contributed by atoms with Crippen LogP contribution >= 0.6 is 0 Å². The molecule has 1 aliphatic carbocycles. The molecular weight excluding hydrogens is 358 g/mol. The van der Waals surface area contributed by atoms with E-state index in [0.29, 0.717) is 36.6 Å². The van der Waals surface area contributed by atoms with Gasteiger partial charge in [0.25, 0.3) is 0 Å². The van der Waals surface area contributed by atoms with E-state index in [2.05, 4.69) is 11.0 Å². The Kier molecular flexibility index (Phi) is 4.90. The van der Waals surface area contributed by atoms with Crippen LogP contribution in [-0.4, -0.2) is 38.9 Å². The standard InChI is InChI=1S/C21H23N3O2S/c22-16-17-4-3-7-20(14-17)23-10-12-24(13-11-23)27(25,26)21-9-8-18-5-1-2-6-19(18)15-21/h3-4,7-9,14-15H,1-2,5-6,10-13H2. The van der Waals surface area contributed by atoms with Crippen LogP contribution in [0.1, 0.15) is 29.5 Å². The molecule has 0 radical (unpaired) electrons. The third kappa shape index (κ3) is 3.58. The summed E-state index contributed by atoms with van der Waals surface area (Å²) >= 11 is 0. The molecule has 0 bridgehead atoms. The van der Waals surface area contributed by atoms with Crippen molar-refractivity contribution in [2.45, 2.75) is 30.6 Å². The summed E-state index contributed by atoms with van der Waals surface area (Å²) in [5, 5.41) is 9.06. The molecule has 1 aliphatic heterocycles. The van der Waals surface area contributed by atoms with Gasteiger partial charge in [0, 0.05) is 31.9 Å². The first kappa shape index (κ1) is 18.0. The van der Waals surface area contributed by atoms with Crippen molar-refractivity contribution in [3.63, 3.8) is 0 Å². The molecule has 0 amide bonds. The van der Waals surface area contributed by atoms with Crippen molar-refractivity contribution in [3.05, 3.63) is 59.2 Å². The second-order valence-electron chi connectivity index (χ2n) is 7.19. The van der Waals surface area contributed by atoms with Gasteiger partial charge in [0.05, 0.1) is 16.5 Å². The summed E-state index contributed by atoms with van der Waals surface area (Å²) in [5.41, 5.74) is 4.08. The number of nitriles is 1. The maximum atomic E-state index is 13.1. The van der Waals surface area contributed by atoms with Crippen LogP contribution in [0.5, 0.6) is 0 Å². The lowest BCUT2D eigenvalue weighted by Gasteiger charge is -2.35. The number of benzene rings is 2. The Morgan fingerprint density at radius 1 is 0.889 bits per heavy atom. The number of piperazine rings is 1. The molecule has 0 spiro atoms. The molecule has 1 heterocycles. The van der Waals surface area contributed by atoms with Crippen LogP contribution in [0, 0.1) is 11.3 Å². The number of hydrogen-bond acceptors (Lipinski definition) is 4. The molecule has 0 saturated carbocycles. The smallest absolute Gasteiger partial charge is 0.243 e. The van der Waals surface area contributed by atoms with Crippen LogP contribution in [0.2, 0.25) is 0 Å². The molecule has 0 N–H and O–H groups in total. The number of sulfonamides is 1. The summed E-state index contributed by atoms with van der Waals surface area (Å²) in [6.07, 6.45) is 4.35. The van der Waals surface area contributed by atoms with E-state index in [1.807, 2.05) is 30.3 Å². The SMILES string of the molecule is N#Cc1cccc(N2CCN(S(=O)(=O)c3ccc4c(c3)CCCC4)CC2)c1. The maximum absolute atomic E-state index is 13.1. The Balaban J connectivity index is 1.49. The number of nitrogens with zero attached hydrogens (tertiary/aromatic N) is 3. The van der Waals surface area contributed by atoms with Gasteiger partial charge in [-0.25, -0.2) is 8.42 Å². The molecule has 0 unspecified atom stereocenters. The lowest BCUT2D eigenvalue weighted by molar-refractivity contribution is 0.385. The summed E-state index contributed by atoms with van der Waals surface area (Å²) in [4.78, 5) is 2.56. The van der Waals surface area contributed by atoms with Crippen LogP contribution in [0.15, 0.2) is 47.4 Å². The molecule has 140 valence electrons. The summed E-state index contributed by atoms with van der Waals surface area (Å²) in [6.45, 7) is 2.16. The van der Waals surface area contributed by atoms with Crippen molar-refractivity contribution < 1.29 is 8.42 Å². The minimum absolute atomic E-state index is 0.420. The minimum Gasteiger partial charge on any atom is -0.369 e. The average Bonchev–Trinajstić information content (AvgIpc) is 2.73. The minimum atomic E-state index is -3.46. The summed E-state index contributed by atoms with van der Waals surface area (Å²) in [7, 11) is -3.46. The van der Waals surface area contributed by atoms with E-state index in [0.717, 1.165) is 24.9 Å². The van der Waals surface area contributed by atoms with Gasteiger partial charge >= 0.3 is 0 Å². The van der Waals surface area contributed by atoms with E-state index in [-0.39, 0.29) is 0 Å². The molecular formula is C21H23N3O2S. The second kappa shape index (κ2) is 7.34. The van der Waals surface area contributed by atoms with E-state index in [1.165, 1.54) is 17.5 Å². The lowest BCUT2D eigenvalue weighted by Crippen LogP contribution is -2.48. The van der Waals surface area contributed by atoms with Crippen LogP contribution in [-0.2, 0) is 22.9 Å². The van der Waals surface area contributed by atoms with Gasteiger partial charge < -0.3 is 4.90 Å². The average molecular weight is 382 g/mol. The summed E-state index contributed by atoms with van der Waals surface area (Å²) in [5.74, 6) is 0. The fourth-order valence-electron chi connectivity index (χ4n) is 3.98. The van der Waals surface area contributed by atoms with E-state index < -0.39 is 10.0 Å². The van der Waals surface area contributed by atoms with Gasteiger partial charge in [0.15, 0.2) is 0 Å². The predicted molar refractivity (Wildman–Crippen MR) is 105 cm³/mol. The zero-order valence-corrected chi connectivity index (χ0v) is 16.1. The highest BCUT2D eigenvalue weighted by Gasteiger charge is 2.29. The Bertz CT molecular complexity index is 987. The van der Waals surface area contributed by atoms with Crippen LogP contribution < -0.4 is 4.90 Å². The van der Waals surface area contributed by atoms with Crippen molar-refractivity contribution in [3.8, 4) is 6.07 Å². The topological polar surface area (TPSA) is 64.4 Å². The van der Waals surface area contributed by atoms with Crippen molar-refractivity contribution >= 4 is 15.7 Å². The van der Waals surface area contributed by atoms with E-state index in [1.54, 1.807) is 16.4 Å². The first-order valence-electron chi connectivity index (χ1n) is 9.45. The molecule has 1 fully saturated rings. The van der Waals surface area contributed by atoms with Gasteiger partial charge in [-0.3, -0.25) is 0 Å². The van der Waals surface area contributed by atoms with Gasteiger partial charge in [-0.2, -0.15) is 9.57 Å². The highest BCUT2D eigenvalue weighted by atomic mass is 32.2. The number of aryl methyl sites for hydroxylation is 2. The van der Waals surface area contributed by atoms with E-state index in [4.69, 9.17) is 5.26 Å². The van der Waals surface area contributed by atoms with Crippen molar-refractivity contribution in [2.24, 2.45) is 0 Å². The van der Waals surface area contributed by atoms with Gasteiger partial charge in [-0.1, -0.05) is 12.1 Å². The third-order valence-electron chi connectivity index (χ3n) is 5.54. The third-order valence-corrected chi connectivity index (χ3v) is 7.43. The largest absolute Gasteiger partial charge is 0.369 e. The zero-order valence-electron chi connectivity index (χ0n) is 15.3. The molecule has 5 nitrogen and oxygen atoms in total. The molecule has 4 rings (SSSR count). The second-order valence-corrected chi connectivity index (χ2v) is 9.13. The van der Waals surface area contributed by atoms with Gasteiger partial charge in [-0.15, -0.1) is 0 Å². The van der Waals surface area contributed by atoms with Crippen LogP contribution in [0.4, 0.5) is 5.69 Å². The predicted octanol–water partition coefficient (Wildman–Crippen LogP) is 2.95. The summed E-state index contributed by atoms with van der Waals surface area (Å²) in [6, 6.07) is 15.3. The zero-order chi connectivity index (χ0) is 18.9. The quantitative estimate of drug-likeness (QED) is 0.820. The van der Waals surface area contributed by atoms with Gasteiger partial charge in [0.1, 0.15) is 0 Å². The fourth-order valence-corrected chi connectivity index (χ4v) is 5.45. The first-order chi connectivity index (χ1) is 13.1. The monoisotopic (exact) mass is 381 g/mol. The number of anilines is 1. The Labute approximate surface area is 160 Å². The Hall–Kier alpha value is -2.36. The first-order valence-corrected chi connectivity index (χ1v) is 10.9. The highest BCUT2D eigenvalue weighted by molar-refractivity contribution is 7.89. The molecule has 6 heteroatoms. The fraction of sp³-hybridized carbons (Fsp3) is 0.381. The summed E-state index contributed by atoms with van der Waals surface area (Å²) < 4.78 is 27.7. The van der Waals surface area contributed by atoms with Gasteiger partial charge in [-0.05, 0) is 67.1 Å². The lowest BCUT2D eigenvalue weighted by atomic mass is 9.92. The highest BCUT2D eigenvalue weighted by Crippen LogP contribution is 2.27. The van der Waals surface area contributed by atoms with E-state index >= 15 is 0 Å². The number of fused-ring (bicyclic) bond motifs is 1. The molecule has 27 heavy (non-hydrogen) atoms.